The Bertz CT molecular complexity index is 811. The van der Waals surface area contributed by atoms with Gasteiger partial charge in [0.25, 0.3) is 0 Å². The molecule has 7 heteroatoms. The number of hydrogen-bond acceptors (Lipinski definition) is 4. The molecule has 0 bridgehead atoms. The van der Waals surface area contributed by atoms with Gasteiger partial charge in [-0.2, -0.15) is 0 Å². The van der Waals surface area contributed by atoms with E-state index in [9.17, 15) is 4.79 Å². The third kappa shape index (κ3) is 3.62. The molecule has 0 aliphatic rings. The summed E-state index contributed by atoms with van der Waals surface area (Å²) in [4.78, 5) is 22.0. The van der Waals surface area contributed by atoms with E-state index in [4.69, 9.17) is 0 Å². The Kier molecular flexibility index (Phi) is 4.90. The monoisotopic (exact) mass is 341 g/mol. The Morgan fingerprint density at radius 3 is 2.71 bits per heavy atom. The molecular formula is C17H19N5OS. The summed E-state index contributed by atoms with van der Waals surface area (Å²) in [6.07, 6.45) is 3.59. The topological polar surface area (TPSA) is 71.8 Å². The third-order valence-electron chi connectivity index (χ3n) is 3.78. The molecule has 0 radical (unpaired) electrons. The molecule has 124 valence electrons. The molecule has 0 saturated heterocycles. The molecule has 3 aromatic rings. The third-order valence-corrected chi connectivity index (χ3v) is 4.71. The number of carbonyl (C=O) groups excluding carboxylic acids is 1. The molecule has 0 aliphatic heterocycles. The summed E-state index contributed by atoms with van der Waals surface area (Å²) in [6.45, 7) is 2.40. The predicted molar refractivity (Wildman–Crippen MR) is 93.7 cm³/mol. The number of urea groups is 1. The van der Waals surface area contributed by atoms with Crippen molar-refractivity contribution in [2.45, 2.75) is 19.5 Å². The van der Waals surface area contributed by atoms with Crippen molar-refractivity contribution in [2.24, 2.45) is 7.05 Å². The molecule has 24 heavy (non-hydrogen) atoms. The number of imidazole rings is 1. The van der Waals surface area contributed by atoms with Crippen LogP contribution in [0.4, 0.5) is 4.79 Å². The van der Waals surface area contributed by atoms with Gasteiger partial charge in [-0.1, -0.05) is 30.3 Å². The lowest BCUT2D eigenvalue weighted by Crippen LogP contribution is -2.38. The Balaban J connectivity index is 1.73. The number of nitrogens with zero attached hydrogens (tertiary/aromatic N) is 3. The predicted octanol–water partition coefficient (Wildman–Crippen LogP) is 2.77. The Labute approximate surface area is 144 Å². The zero-order valence-electron chi connectivity index (χ0n) is 13.6. The summed E-state index contributed by atoms with van der Waals surface area (Å²) in [5.74, 6) is 0.783. The number of benzene rings is 1. The quantitative estimate of drug-likeness (QED) is 0.749. The summed E-state index contributed by atoms with van der Waals surface area (Å²) in [6, 6.07) is 9.26. The normalized spacial score (nSPS) is 11.9. The van der Waals surface area contributed by atoms with Gasteiger partial charge in [0.1, 0.15) is 11.9 Å². The van der Waals surface area contributed by atoms with E-state index in [1.54, 1.807) is 11.7 Å². The lowest BCUT2D eigenvalue weighted by molar-refractivity contribution is 0.238. The minimum absolute atomic E-state index is 0.236. The first-order valence-electron chi connectivity index (χ1n) is 7.60. The Hall–Kier alpha value is -2.67. The van der Waals surface area contributed by atoms with Crippen molar-refractivity contribution in [3.63, 3.8) is 0 Å². The first-order chi connectivity index (χ1) is 11.6. The molecule has 2 aromatic heterocycles. The molecule has 0 fully saturated rings. The molecule has 1 aromatic carbocycles. The number of carbonyl (C=O) groups is 1. The van der Waals surface area contributed by atoms with E-state index >= 15 is 0 Å². The van der Waals surface area contributed by atoms with Crippen LogP contribution in [0.3, 0.4) is 0 Å². The summed E-state index contributed by atoms with van der Waals surface area (Å²) >= 11 is 1.54. The van der Waals surface area contributed by atoms with Gasteiger partial charge in [0.15, 0.2) is 0 Å². The molecule has 2 heterocycles. The first kappa shape index (κ1) is 16.2. The van der Waals surface area contributed by atoms with Crippen molar-refractivity contribution in [3.05, 3.63) is 70.2 Å². The second kappa shape index (κ2) is 7.27. The van der Waals surface area contributed by atoms with Gasteiger partial charge in [-0.15, -0.1) is 11.3 Å². The first-order valence-corrected chi connectivity index (χ1v) is 8.48. The highest BCUT2D eigenvalue weighted by Crippen LogP contribution is 2.20. The highest BCUT2D eigenvalue weighted by Gasteiger charge is 2.20. The van der Waals surface area contributed by atoms with Crippen LogP contribution in [0.1, 0.15) is 28.0 Å². The van der Waals surface area contributed by atoms with Crippen molar-refractivity contribution in [2.75, 3.05) is 0 Å². The minimum Gasteiger partial charge on any atom is -0.336 e. The van der Waals surface area contributed by atoms with E-state index in [-0.39, 0.29) is 12.1 Å². The molecule has 0 unspecified atom stereocenters. The van der Waals surface area contributed by atoms with Crippen LogP contribution in [0.25, 0.3) is 0 Å². The lowest BCUT2D eigenvalue weighted by atomic mass is 10.1. The fourth-order valence-electron chi connectivity index (χ4n) is 2.44. The lowest BCUT2D eigenvalue weighted by Gasteiger charge is -2.19. The van der Waals surface area contributed by atoms with Crippen LogP contribution in [0.15, 0.2) is 48.2 Å². The van der Waals surface area contributed by atoms with E-state index in [2.05, 4.69) is 20.6 Å². The number of aromatic nitrogens is 3. The fourth-order valence-corrected chi connectivity index (χ4v) is 3.15. The number of amides is 2. The van der Waals surface area contributed by atoms with Gasteiger partial charge < -0.3 is 15.2 Å². The van der Waals surface area contributed by atoms with Crippen LogP contribution in [0.5, 0.6) is 0 Å². The van der Waals surface area contributed by atoms with Crippen molar-refractivity contribution in [1.29, 1.82) is 0 Å². The van der Waals surface area contributed by atoms with Crippen molar-refractivity contribution in [1.82, 2.24) is 25.2 Å². The highest BCUT2D eigenvalue weighted by atomic mass is 32.1. The van der Waals surface area contributed by atoms with Crippen LogP contribution in [0.2, 0.25) is 0 Å². The van der Waals surface area contributed by atoms with Crippen LogP contribution in [0, 0.1) is 6.92 Å². The summed E-state index contributed by atoms with van der Waals surface area (Å²) < 4.78 is 1.91. The molecule has 0 aliphatic carbocycles. The van der Waals surface area contributed by atoms with Gasteiger partial charge in [-0.05, 0) is 12.5 Å². The van der Waals surface area contributed by atoms with E-state index in [1.165, 1.54) is 11.3 Å². The number of aryl methyl sites for hydroxylation is 2. The number of hydrogen-bond donors (Lipinski definition) is 2. The van der Waals surface area contributed by atoms with Gasteiger partial charge >= 0.3 is 6.03 Å². The van der Waals surface area contributed by atoms with Crippen molar-refractivity contribution < 1.29 is 4.79 Å². The van der Waals surface area contributed by atoms with Crippen LogP contribution in [-0.4, -0.2) is 20.6 Å². The number of thiazole rings is 1. The van der Waals surface area contributed by atoms with Gasteiger partial charge in [-0.3, -0.25) is 0 Å². The van der Waals surface area contributed by atoms with Gasteiger partial charge in [0, 0.05) is 24.3 Å². The zero-order chi connectivity index (χ0) is 16.9. The molecule has 2 N–H and O–H groups in total. The zero-order valence-corrected chi connectivity index (χ0v) is 14.4. The molecule has 0 spiro atoms. The van der Waals surface area contributed by atoms with E-state index < -0.39 is 0 Å². The largest absolute Gasteiger partial charge is 0.336 e. The Morgan fingerprint density at radius 2 is 2.08 bits per heavy atom. The molecule has 1 atom stereocenters. The maximum absolute atomic E-state index is 12.4. The maximum atomic E-state index is 12.4. The van der Waals surface area contributed by atoms with Crippen molar-refractivity contribution >= 4 is 17.4 Å². The van der Waals surface area contributed by atoms with Crippen LogP contribution < -0.4 is 10.6 Å². The van der Waals surface area contributed by atoms with E-state index in [0.717, 1.165) is 22.0 Å². The highest BCUT2D eigenvalue weighted by molar-refractivity contribution is 7.09. The van der Waals surface area contributed by atoms with E-state index in [1.807, 2.05) is 55.1 Å². The van der Waals surface area contributed by atoms with Gasteiger partial charge in [0.2, 0.25) is 0 Å². The minimum atomic E-state index is -0.311. The average Bonchev–Trinajstić information content (AvgIpc) is 3.20. The second-order valence-corrected chi connectivity index (χ2v) is 6.37. The molecule has 6 nitrogen and oxygen atoms in total. The summed E-state index contributed by atoms with van der Waals surface area (Å²) in [5.41, 5.74) is 3.71. The standard InChI is InChI=1S/C17H19N5OS/c1-12-14(24-11-20-12)10-19-17(23)21-15(13-6-4-3-5-7-13)16-18-8-9-22(16)2/h3-9,11,15H,10H2,1-2H3,(H2,19,21,23)/t15-/m0/s1. The van der Waals surface area contributed by atoms with Crippen molar-refractivity contribution in [3.8, 4) is 0 Å². The smallest absolute Gasteiger partial charge is 0.315 e. The SMILES string of the molecule is Cc1ncsc1CNC(=O)N[C@@H](c1ccccc1)c1nccn1C. The summed E-state index contributed by atoms with van der Waals surface area (Å²) in [7, 11) is 1.92. The molecule has 2 amide bonds. The van der Waals surface area contributed by atoms with Crippen LogP contribution >= 0.6 is 11.3 Å². The maximum Gasteiger partial charge on any atom is 0.315 e. The van der Waals surface area contributed by atoms with E-state index in [0.29, 0.717) is 6.54 Å². The molecule has 0 saturated carbocycles. The molecule has 3 rings (SSSR count). The average molecular weight is 341 g/mol. The fraction of sp³-hybridized carbons (Fsp3) is 0.235. The summed E-state index contributed by atoms with van der Waals surface area (Å²) in [5, 5.41) is 5.90. The van der Waals surface area contributed by atoms with Crippen LogP contribution in [-0.2, 0) is 13.6 Å². The van der Waals surface area contributed by atoms with Gasteiger partial charge in [0.05, 0.1) is 17.7 Å². The molecular weight excluding hydrogens is 322 g/mol. The second-order valence-electron chi connectivity index (χ2n) is 5.43. The van der Waals surface area contributed by atoms with Gasteiger partial charge in [-0.25, -0.2) is 14.8 Å². The number of rotatable bonds is 5. The number of nitrogens with one attached hydrogen (secondary N) is 2. The Morgan fingerprint density at radius 1 is 1.29 bits per heavy atom.